The molecule has 0 radical (unpaired) electrons. The Bertz CT molecular complexity index is 735. The first kappa shape index (κ1) is 18.8. The number of rotatable bonds is 2. The highest BCUT2D eigenvalue weighted by molar-refractivity contribution is 9.10. The molecule has 0 fully saturated rings. The molecule has 1 nitrogen and oxygen atoms in total. The van der Waals surface area contributed by atoms with Gasteiger partial charge in [0.15, 0.2) is 0 Å². The molecule has 1 heterocycles. The molecule has 1 aliphatic heterocycles. The largest absolute Gasteiger partial charge is 0.357 e. The van der Waals surface area contributed by atoms with Crippen LogP contribution in [0.2, 0.25) is 0 Å². The molecule has 4 heteroatoms. The van der Waals surface area contributed by atoms with E-state index in [-0.39, 0.29) is 11.2 Å². The van der Waals surface area contributed by atoms with Gasteiger partial charge >= 0.3 is 0 Å². The number of hydrogen-bond donors (Lipinski definition) is 1. The van der Waals surface area contributed by atoms with Crippen molar-refractivity contribution >= 4 is 38.8 Å². The predicted octanol–water partition coefficient (Wildman–Crippen LogP) is 6.60. The summed E-state index contributed by atoms with van der Waals surface area (Å²) < 4.78 is 15.1. The predicted molar refractivity (Wildman–Crippen MR) is 105 cm³/mol. The number of halogens is 3. The Balaban J connectivity index is 0.00000100. The van der Waals surface area contributed by atoms with E-state index in [9.17, 15) is 4.39 Å². The lowest BCUT2D eigenvalue weighted by molar-refractivity contribution is 0.621. The smallest absolute Gasteiger partial charge is 0.133 e. The molecule has 0 bridgehead atoms. The normalized spacial score (nSPS) is 17.0. The van der Waals surface area contributed by atoms with Gasteiger partial charge in [0, 0.05) is 15.7 Å². The molecule has 0 saturated carbocycles. The molecule has 0 amide bonds. The van der Waals surface area contributed by atoms with Crippen LogP contribution in [0.3, 0.4) is 0 Å². The van der Waals surface area contributed by atoms with Crippen LogP contribution in [-0.4, -0.2) is 5.38 Å². The fraction of sp³-hybridized carbons (Fsp3) is 0.200. The van der Waals surface area contributed by atoms with E-state index in [1.165, 1.54) is 6.07 Å². The number of alkyl halides is 1. The summed E-state index contributed by atoms with van der Waals surface area (Å²) in [6, 6.07) is 14.8. The van der Waals surface area contributed by atoms with Crippen molar-refractivity contribution in [3.05, 3.63) is 82.2 Å². The van der Waals surface area contributed by atoms with E-state index in [2.05, 4.69) is 27.8 Å². The molecule has 2 aromatic carbocycles. The lowest BCUT2D eigenvalue weighted by atomic mass is 9.91. The van der Waals surface area contributed by atoms with Gasteiger partial charge in [-0.1, -0.05) is 56.8 Å². The summed E-state index contributed by atoms with van der Waals surface area (Å²) in [7, 11) is 0. The average Bonchev–Trinajstić information content (AvgIpc) is 2.60. The highest BCUT2D eigenvalue weighted by Gasteiger charge is 2.26. The topological polar surface area (TPSA) is 12.0 Å². The van der Waals surface area contributed by atoms with E-state index in [0.29, 0.717) is 22.2 Å². The maximum Gasteiger partial charge on any atom is 0.133 e. The number of benzene rings is 2. The Morgan fingerprint density at radius 1 is 1.12 bits per heavy atom. The number of nitrogens with one attached hydrogen (secondary N) is 1. The summed E-state index contributed by atoms with van der Waals surface area (Å²) in [4.78, 5) is 0. The van der Waals surface area contributed by atoms with E-state index in [1.807, 2.05) is 50.2 Å². The van der Waals surface area contributed by atoms with Crippen molar-refractivity contribution in [3.63, 3.8) is 0 Å². The van der Waals surface area contributed by atoms with Crippen LogP contribution >= 0.6 is 27.5 Å². The molecular weight excluding hydrogens is 389 g/mol. The van der Waals surface area contributed by atoms with Gasteiger partial charge in [0.05, 0.1) is 11.1 Å². The summed E-state index contributed by atoms with van der Waals surface area (Å²) >= 11 is 9.78. The first-order chi connectivity index (χ1) is 11.6. The van der Waals surface area contributed by atoms with Crippen LogP contribution in [0, 0.1) is 5.82 Å². The first-order valence-electron chi connectivity index (χ1n) is 7.90. The van der Waals surface area contributed by atoms with Gasteiger partial charge in [0.2, 0.25) is 0 Å². The van der Waals surface area contributed by atoms with Crippen molar-refractivity contribution in [1.29, 1.82) is 0 Å². The third kappa shape index (κ3) is 3.90. The van der Waals surface area contributed by atoms with Gasteiger partial charge in [-0.15, -0.1) is 11.6 Å². The van der Waals surface area contributed by atoms with Crippen LogP contribution in [0.25, 0.3) is 11.3 Å². The summed E-state index contributed by atoms with van der Waals surface area (Å²) in [5.74, 6) is -0.286. The van der Waals surface area contributed by atoms with E-state index in [0.717, 1.165) is 16.8 Å². The van der Waals surface area contributed by atoms with E-state index in [4.69, 9.17) is 11.6 Å². The monoisotopic (exact) mass is 407 g/mol. The SMILES string of the molecule is C=C1NC(c2c(F)cccc2Br)=C(c2ccccc2)CC1Cl.CC. The second-order valence-electron chi connectivity index (χ2n) is 5.14. The van der Waals surface area contributed by atoms with Gasteiger partial charge in [-0.25, -0.2) is 4.39 Å². The standard InChI is InChI=1S/C18H14BrClFN.C2H6/c1-11-15(20)10-13(12-6-3-2-4-7-12)18(22-11)17-14(19)8-5-9-16(17)21;1-2/h2-9,15,22H,1,10H2;1-2H3. The maximum absolute atomic E-state index is 14.4. The highest BCUT2D eigenvalue weighted by atomic mass is 79.9. The Morgan fingerprint density at radius 3 is 2.42 bits per heavy atom. The van der Waals surface area contributed by atoms with Crippen molar-refractivity contribution in [2.24, 2.45) is 0 Å². The first-order valence-corrected chi connectivity index (χ1v) is 9.13. The molecule has 0 aliphatic carbocycles. The van der Waals surface area contributed by atoms with E-state index in [1.54, 1.807) is 6.07 Å². The Labute approximate surface area is 156 Å². The second kappa shape index (κ2) is 8.50. The maximum atomic E-state index is 14.4. The van der Waals surface area contributed by atoms with Gasteiger partial charge in [0.1, 0.15) is 5.82 Å². The minimum absolute atomic E-state index is 0.218. The van der Waals surface area contributed by atoms with Crippen LogP contribution in [-0.2, 0) is 0 Å². The molecule has 1 atom stereocenters. The molecule has 0 aromatic heterocycles. The molecule has 126 valence electrons. The quantitative estimate of drug-likeness (QED) is 0.552. The van der Waals surface area contributed by atoms with Crippen LogP contribution in [0.5, 0.6) is 0 Å². The summed E-state index contributed by atoms with van der Waals surface area (Å²) in [5, 5.41) is 2.98. The molecule has 2 aromatic rings. The Hall–Kier alpha value is -1.58. The van der Waals surface area contributed by atoms with Crippen LogP contribution < -0.4 is 5.32 Å². The zero-order chi connectivity index (χ0) is 17.7. The Kier molecular flexibility index (Phi) is 6.64. The lowest BCUT2D eigenvalue weighted by Crippen LogP contribution is -2.26. The zero-order valence-electron chi connectivity index (χ0n) is 13.7. The third-order valence-electron chi connectivity index (χ3n) is 3.68. The van der Waals surface area contributed by atoms with E-state index < -0.39 is 0 Å². The highest BCUT2D eigenvalue weighted by Crippen LogP contribution is 2.39. The van der Waals surface area contributed by atoms with Gasteiger partial charge < -0.3 is 5.32 Å². The molecule has 24 heavy (non-hydrogen) atoms. The minimum Gasteiger partial charge on any atom is -0.357 e. The summed E-state index contributed by atoms with van der Waals surface area (Å²) in [6.07, 6.45) is 0.605. The molecular formula is C20H20BrClFN. The zero-order valence-corrected chi connectivity index (χ0v) is 16.1. The molecule has 1 N–H and O–H groups in total. The van der Waals surface area contributed by atoms with Gasteiger partial charge in [-0.3, -0.25) is 0 Å². The third-order valence-corrected chi connectivity index (χ3v) is 4.76. The summed E-state index contributed by atoms with van der Waals surface area (Å²) in [5.41, 5.74) is 3.92. The number of hydrogen-bond acceptors (Lipinski definition) is 1. The molecule has 1 unspecified atom stereocenters. The molecule has 0 spiro atoms. The van der Waals surface area contributed by atoms with Crippen molar-refractivity contribution in [2.75, 3.05) is 0 Å². The lowest BCUT2D eigenvalue weighted by Gasteiger charge is -2.28. The average molecular weight is 409 g/mol. The Morgan fingerprint density at radius 2 is 1.79 bits per heavy atom. The van der Waals surface area contributed by atoms with Crippen molar-refractivity contribution in [3.8, 4) is 0 Å². The van der Waals surface area contributed by atoms with E-state index >= 15 is 0 Å². The van der Waals surface area contributed by atoms with Crippen molar-refractivity contribution in [1.82, 2.24) is 5.32 Å². The van der Waals surface area contributed by atoms with Gasteiger partial charge in [0.25, 0.3) is 0 Å². The fourth-order valence-electron chi connectivity index (χ4n) is 2.57. The van der Waals surface area contributed by atoms with Crippen molar-refractivity contribution in [2.45, 2.75) is 25.6 Å². The van der Waals surface area contributed by atoms with Gasteiger partial charge in [-0.05, 0) is 45.6 Å². The second-order valence-corrected chi connectivity index (χ2v) is 6.52. The van der Waals surface area contributed by atoms with Crippen molar-refractivity contribution < 1.29 is 4.39 Å². The van der Waals surface area contributed by atoms with Crippen LogP contribution in [0.4, 0.5) is 4.39 Å². The van der Waals surface area contributed by atoms with Crippen LogP contribution in [0.15, 0.2) is 65.3 Å². The van der Waals surface area contributed by atoms with Gasteiger partial charge in [-0.2, -0.15) is 0 Å². The summed E-state index contributed by atoms with van der Waals surface area (Å²) in [6.45, 7) is 7.94. The van der Waals surface area contributed by atoms with Crippen LogP contribution in [0.1, 0.15) is 31.4 Å². The fourth-order valence-corrected chi connectivity index (χ4v) is 3.32. The minimum atomic E-state index is -0.286. The molecule has 3 rings (SSSR count). The molecule has 1 aliphatic rings. The molecule has 0 saturated heterocycles. The number of allylic oxidation sites excluding steroid dienone is 2.